The number of anilines is 1. The Labute approximate surface area is 98.8 Å². The molecule has 0 saturated heterocycles. The highest BCUT2D eigenvalue weighted by Crippen LogP contribution is 2.26. The molecule has 17 heavy (non-hydrogen) atoms. The summed E-state index contributed by atoms with van der Waals surface area (Å²) in [5.74, 6) is -0.425. The van der Waals surface area contributed by atoms with Gasteiger partial charge in [-0.1, -0.05) is 18.2 Å². The standard InChI is InChI=1S/C12H13N3O2/c1-13-9-6-4-3-5-8(9)10-7-11(15-14-10)12(16)17-2/h3-7,13H,1-2H3,(H,14,15). The molecule has 0 amide bonds. The number of nitrogens with one attached hydrogen (secondary N) is 2. The summed E-state index contributed by atoms with van der Waals surface area (Å²) in [6, 6.07) is 9.40. The molecule has 0 radical (unpaired) electrons. The molecule has 0 fully saturated rings. The maximum atomic E-state index is 11.3. The van der Waals surface area contributed by atoms with Crippen molar-refractivity contribution in [1.29, 1.82) is 0 Å². The first-order valence-corrected chi connectivity index (χ1v) is 5.17. The lowest BCUT2D eigenvalue weighted by Crippen LogP contribution is -2.00. The predicted molar refractivity (Wildman–Crippen MR) is 64.9 cm³/mol. The highest BCUT2D eigenvalue weighted by molar-refractivity contribution is 5.89. The van der Waals surface area contributed by atoms with Crippen molar-refractivity contribution in [2.45, 2.75) is 0 Å². The van der Waals surface area contributed by atoms with Crippen LogP contribution in [0.2, 0.25) is 0 Å². The molecule has 1 aromatic carbocycles. The lowest BCUT2D eigenvalue weighted by atomic mass is 10.1. The van der Waals surface area contributed by atoms with E-state index in [2.05, 4.69) is 20.3 Å². The van der Waals surface area contributed by atoms with E-state index >= 15 is 0 Å². The normalized spacial score (nSPS) is 10.0. The number of benzene rings is 1. The number of ether oxygens (including phenoxy) is 1. The molecule has 88 valence electrons. The van der Waals surface area contributed by atoms with E-state index in [1.165, 1.54) is 7.11 Å². The Hall–Kier alpha value is -2.30. The first kappa shape index (κ1) is 11.2. The van der Waals surface area contributed by atoms with E-state index in [4.69, 9.17) is 0 Å². The van der Waals surface area contributed by atoms with Crippen LogP contribution in [-0.2, 0) is 4.74 Å². The van der Waals surface area contributed by atoms with Gasteiger partial charge in [-0.05, 0) is 12.1 Å². The lowest BCUT2D eigenvalue weighted by Gasteiger charge is -2.05. The fourth-order valence-electron chi connectivity index (χ4n) is 1.60. The van der Waals surface area contributed by atoms with Crippen LogP contribution in [0.15, 0.2) is 30.3 Å². The topological polar surface area (TPSA) is 67.0 Å². The SMILES string of the molecule is CNc1ccccc1-c1cc(C(=O)OC)[nH]n1. The number of methoxy groups -OCH3 is 1. The Balaban J connectivity index is 2.40. The van der Waals surface area contributed by atoms with Gasteiger partial charge in [0.2, 0.25) is 0 Å². The number of H-pyrrole nitrogens is 1. The van der Waals surface area contributed by atoms with Crippen molar-refractivity contribution in [3.8, 4) is 11.3 Å². The molecule has 0 aliphatic carbocycles. The Morgan fingerprint density at radius 2 is 2.18 bits per heavy atom. The van der Waals surface area contributed by atoms with Gasteiger partial charge < -0.3 is 10.1 Å². The minimum absolute atomic E-state index is 0.341. The molecule has 0 bridgehead atoms. The molecule has 2 aromatic rings. The molecule has 0 atom stereocenters. The van der Waals surface area contributed by atoms with Crippen LogP contribution >= 0.6 is 0 Å². The van der Waals surface area contributed by atoms with E-state index in [-0.39, 0.29) is 0 Å². The van der Waals surface area contributed by atoms with E-state index in [9.17, 15) is 4.79 Å². The molecule has 0 unspecified atom stereocenters. The van der Waals surface area contributed by atoms with Crippen LogP contribution in [0.5, 0.6) is 0 Å². The van der Waals surface area contributed by atoms with Gasteiger partial charge in [0, 0.05) is 18.3 Å². The largest absolute Gasteiger partial charge is 0.464 e. The smallest absolute Gasteiger partial charge is 0.356 e. The first-order valence-electron chi connectivity index (χ1n) is 5.17. The number of nitrogens with zero attached hydrogens (tertiary/aromatic N) is 1. The number of rotatable bonds is 3. The summed E-state index contributed by atoms with van der Waals surface area (Å²) >= 11 is 0. The number of hydrogen-bond acceptors (Lipinski definition) is 4. The molecule has 0 aliphatic rings. The number of hydrogen-bond donors (Lipinski definition) is 2. The van der Waals surface area contributed by atoms with E-state index in [1.807, 2.05) is 31.3 Å². The van der Waals surface area contributed by atoms with E-state index in [0.717, 1.165) is 11.3 Å². The molecule has 2 rings (SSSR count). The van der Waals surface area contributed by atoms with Crippen molar-refractivity contribution in [1.82, 2.24) is 10.2 Å². The maximum Gasteiger partial charge on any atom is 0.356 e. The number of aromatic amines is 1. The van der Waals surface area contributed by atoms with Gasteiger partial charge in [-0.3, -0.25) is 5.10 Å². The highest BCUT2D eigenvalue weighted by atomic mass is 16.5. The van der Waals surface area contributed by atoms with Crippen molar-refractivity contribution in [3.63, 3.8) is 0 Å². The van der Waals surface area contributed by atoms with Crippen LogP contribution in [0.1, 0.15) is 10.5 Å². The summed E-state index contributed by atoms with van der Waals surface area (Å²) in [5, 5.41) is 9.83. The Kier molecular flexibility index (Phi) is 3.09. The number of carbonyl (C=O) groups excluding carboxylic acids is 1. The molecule has 1 aromatic heterocycles. The van der Waals surface area contributed by atoms with Gasteiger partial charge >= 0.3 is 5.97 Å². The summed E-state index contributed by atoms with van der Waals surface area (Å²) in [4.78, 5) is 11.3. The van der Waals surface area contributed by atoms with Crippen LogP contribution in [0, 0.1) is 0 Å². The summed E-state index contributed by atoms with van der Waals surface area (Å²) in [6.45, 7) is 0. The fourth-order valence-corrected chi connectivity index (χ4v) is 1.60. The van der Waals surface area contributed by atoms with Gasteiger partial charge in [-0.25, -0.2) is 4.79 Å². The number of aromatic nitrogens is 2. The van der Waals surface area contributed by atoms with Crippen LogP contribution in [-0.4, -0.2) is 30.3 Å². The Bertz CT molecular complexity index is 534. The second kappa shape index (κ2) is 4.69. The van der Waals surface area contributed by atoms with Gasteiger partial charge in [0.15, 0.2) is 0 Å². The minimum atomic E-state index is -0.425. The molecule has 1 heterocycles. The third-order valence-corrected chi connectivity index (χ3v) is 2.46. The monoisotopic (exact) mass is 231 g/mol. The van der Waals surface area contributed by atoms with Gasteiger partial charge in [-0.15, -0.1) is 0 Å². The average Bonchev–Trinajstić information content (AvgIpc) is 2.87. The predicted octanol–water partition coefficient (Wildman–Crippen LogP) is 1.90. The van der Waals surface area contributed by atoms with Crippen LogP contribution in [0.3, 0.4) is 0 Å². The highest BCUT2D eigenvalue weighted by Gasteiger charge is 2.12. The summed E-state index contributed by atoms with van der Waals surface area (Å²) in [6.07, 6.45) is 0. The molecular weight excluding hydrogens is 218 g/mol. The number of esters is 1. The average molecular weight is 231 g/mol. The summed E-state index contributed by atoms with van der Waals surface area (Å²) < 4.78 is 4.62. The van der Waals surface area contributed by atoms with Gasteiger partial charge in [-0.2, -0.15) is 5.10 Å². The molecule has 0 spiro atoms. The third kappa shape index (κ3) is 2.13. The van der Waals surface area contributed by atoms with Crippen molar-refractivity contribution in [3.05, 3.63) is 36.0 Å². The minimum Gasteiger partial charge on any atom is -0.464 e. The van der Waals surface area contributed by atoms with E-state index in [0.29, 0.717) is 11.4 Å². The van der Waals surface area contributed by atoms with Crippen LogP contribution in [0.25, 0.3) is 11.3 Å². The van der Waals surface area contributed by atoms with Crippen LogP contribution < -0.4 is 5.32 Å². The Morgan fingerprint density at radius 3 is 2.88 bits per heavy atom. The van der Waals surface area contributed by atoms with Gasteiger partial charge in [0.05, 0.1) is 12.8 Å². The van der Waals surface area contributed by atoms with Crippen molar-refractivity contribution in [2.24, 2.45) is 0 Å². The maximum absolute atomic E-state index is 11.3. The molecule has 0 aliphatic heterocycles. The van der Waals surface area contributed by atoms with Crippen LogP contribution in [0.4, 0.5) is 5.69 Å². The second-order valence-electron chi connectivity index (χ2n) is 3.45. The van der Waals surface area contributed by atoms with E-state index in [1.54, 1.807) is 6.07 Å². The zero-order valence-corrected chi connectivity index (χ0v) is 9.65. The van der Waals surface area contributed by atoms with E-state index < -0.39 is 5.97 Å². The Morgan fingerprint density at radius 1 is 1.41 bits per heavy atom. The molecular formula is C12H13N3O2. The fraction of sp³-hybridized carbons (Fsp3) is 0.167. The number of para-hydroxylation sites is 1. The van der Waals surface area contributed by atoms with Crippen molar-refractivity contribution < 1.29 is 9.53 Å². The zero-order chi connectivity index (χ0) is 12.3. The summed E-state index contributed by atoms with van der Waals surface area (Å²) in [7, 11) is 3.18. The summed E-state index contributed by atoms with van der Waals surface area (Å²) in [5.41, 5.74) is 2.93. The van der Waals surface area contributed by atoms with Crippen molar-refractivity contribution >= 4 is 11.7 Å². The molecule has 5 nitrogen and oxygen atoms in total. The zero-order valence-electron chi connectivity index (χ0n) is 9.65. The lowest BCUT2D eigenvalue weighted by molar-refractivity contribution is 0.0594. The van der Waals surface area contributed by atoms with Crippen molar-refractivity contribution in [2.75, 3.05) is 19.5 Å². The van der Waals surface area contributed by atoms with Gasteiger partial charge in [0.25, 0.3) is 0 Å². The second-order valence-corrected chi connectivity index (χ2v) is 3.45. The molecule has 2 N–H and O–H groups in total. The quantitative estimate of drug-likeness (QED) is 0.792. The molecule has 0 saturated carbocycles. The molecule has 5 heteroatoms. The third-order valence-electron chi connectivity index (χ3n) is 2.46. The first-order chi connectivity index (χ1) is 8.26. The number of carbonyl (C=O) groups is 1. The van der Waals surface area contributed by atoms with Gasteiger partial charge in [0.1, 0.15) is 5.69 Å².